The van der Waals surface area contributed by atoms with Gasteiger partial charge in [0.15, 0.2) is 0 Å². The van der Waals surface area contributed by atoms with Crippen molar-refractivity contribution in [2.75, 3.05) is 5.32 Å². The molecule has 0 fully saturated rings. The van der Waals surface area contributed by atoms with Crippen LogP contribution in [0.2, 0.25) is 0 Å². The summed E-state index contributed by atoms with van der Waals surface area (Å²) < 4.78 is 0. The molecular formula is C10H11NO. The molecule has 1 aromatic carbocycles. The molecule has 0 radical (unpaired) electrons. The van der Waals surface area contributed by atoms with Gasteiger partial charge in [-0.2, -0.15) is 0 Å². The summed E-state index contributed by atoms with van der Waals surface area (Å²) in [6.07, 6.45) is 0. The molecule has 1 atom stereocenters. The lowest BCUT2D eigenvalue weighted by molar-refractivity contribution is -0.116. The fourth-order valence-electron chi connectivity index (χ4n) is 1.74. The highest BCUT2D eigenvalue weighted by Crippen LogP contribution is 2.33. The lowest BCUT2D eigenvalue weighted by atomic mass is 9.98. The van der Waals surface area contributed by atoms with Crippen LogP contribution in [0.3, 0.4) is 0 Å². The van der Waals surface area contributed by atoms with E-state index in [-0.39, 0.29) is 11.8 Å². The van der Waals surface area contributed by atoms with Crippen LogP contribution in [0.25, 0.3) is 0 Å². The zero-order chi connectivity index (χ0) is 8.72. The van der Waals surface area contributed by atoms with E-state index in [0.717, 1.165) is 11.3 Å². The fourth-order valence-corrected chi connectivity index (χ4v) is 1.74. The predicted octanol–water partition coefficient (Wildman–Crippen LogP) is 2.05. The molecule has 1 aromatic rings. The highest BCUT2D eigenvalue weighted by atomic mass is 16.2. The maximum Gasteiger partial charge on any atom is 0.231 e. The molecule has 0 saturated heterocycles. The van der Waals surface area contributed by atoms with E-state index < -0.39 is 0 Å². The van der Waals surface area contributed by atoms with Crippen molar-refractivity contribution < 1.29 is 4.79 Å². The van der Waals surface area contributed by atoms with E-state index in [0.29, 0.717) is 0 Å². The van der Waals surface area contributed by atoms with Crippen LogP contribution < -0.4 is 5.32 Å². The number of hydrogen-bond donors (Lipinski definition) is 1. The van der Waals surface area contributed by atoms with Crippen molar-refractivity contribution in [1.82, 2.24) is 0 Å². The first-order chi connectivity index (χ1) is 5.70. The van der Waals surface area contributed by atoms with Crippen LogP contribution in [-0.2, 0) is 4.79 Å². The molecule has 0 aliphatic carbocycles. The van der Waals surface area contributed by atoms with Gasteiger partial charge in [0.2, 0.25) is 5.91 Å². The monoisotopic (exact) mass is 161 g/mol. The molecule has 1 aliphatic heterocycles. The van der Waals surface area contributed by atoms with Crippen molar-refractivity contribution in [2.45, 2.75) is 19.8 Å². The largest absolute Gasteiger partial charge is 0.325 e. The maximum atomic E-state index is 11.3. The molecule has 12 heavy (non-hydrogen) atoms. The van der Waals surface area contributed by atoms with Gasteiger partial charge < -0.3 is 5.32 Å². The van der Waals surface area contributed by atoms with Crippen LogP contribution >= 0.6 is 0 Å². The topological polar surface area (TPSA) is 29.1 Å². The number of benzene rings is 1. The van der Waals surface area contributed by atoms with Crippen molar-refractivity contribution >= 4 is 11.6 Å². The average molecular weight is 161 g/mol. The van der Waals surface area contributed by atoms with Gasteiger partial charge in [0.1, 0.15) is 0 Å². The summed E-state index contributed by atoms with van der Waals surface area (Å²) in [5.41, 5.74) is 3.33. The first-order valence-corrected chi connectivity index (χ1v) is 4.10. The Balaban J connectivity index is 2.62. The quantitative estimate of drug-likeness (QED) is 0.620. The second kappa shape index (κ2) is 2.34. The van der Waals surface area contributed by atoms with E-state index in [9.17, 15) is 4.79 Å². The third-order valence-corrected chi connectivity index (χ3v) is 2.41. The minimum atomic E-state index is 0.0150. The molecule has 0 spiro atoms. The van der Waals surface area contributed by atoms with E-state index in [1.807, 2.05) is 32.0 Å². The Morgan fingerprint density at radius 3 is 2.83 bits per heavy atom. The summed E-state index contributed by atoms with van der Waals surface area (Å²) in [4.78, 5) is 11.3. The molecule has 1 heterocycles. The Hall–Kier alpha value is -1.31. The Labute approximate surface area is 71.6 Å². The molecule has 0 aromatic heterocycles. The summed E-state index contributed by atoms with van der Waals surface area (Å²) in [6, 6.07) is 5.95. The second-order valence-corrected chi connectivity index (χ2v) is 3.25. The van der Waals surface area contributed by atoms with Gasteiger partial charge >= 0.3 is 0 Å². The minimum absolute atomic E-state index is 0.0150. The van der Waals surface area contributed by atoms with Gasteiger partial charge in [0.05, 0.1) is 5.92 Å². The van der Waals surface area contributed by atoms with E-state index >= 15 is 0 Å². The summed E-state index contributed by atoms with van der Waals surface area (Å²) in [7, 11) is 0. The number of nitrogens with one attached hydrogen (secondary N) is 1. The third-order valence-electron chi connectivity index (χ3n) is 2.41. The van der Waals surface area contributed by atoms with Gasteiger partial charge in [-0.05, 0) is 31.0 Å². The zero-order valence-corrected chi connectivity index (χ0v) is 7.22. The number of fused-ring (bicyclic) bond motifs is 1. The number of rotatable bonds is 0. The Morgan fingerprint density at radius 1 is 1.42 bits per heavy atom. The van der Waals surface area contributed by atoms with Crippen molar-refractivity contribution in [3.8, 4) is 0 Å². The molecule has 0 saturated carbocycles. The molecule has 1 amide bonds. The van der Waals surface area contributed by atoms with Crippen LogP contribution in [0.5, 0.6) is 0 Å². The Morgan fingerprint density at radius 2 is 2.17 bits per heavy atom. The molecule has 1 N–H and O–H groups in total. The summed E-state index contributed by atoms with van der Waals surface area (Å²) in [6.45, 7) is 3.98. The number of hydrogen-bond acceptors (Lipinski definition) is 1. The predicted molar refractivity (Wildman–Crippen MR) is 48.2 cm³/mol. The van der Waals surface area contributed by atoms with Crippen molar-refractivity contribution in [3.05, 3.63) is 29.3 Å². The van der Waals surface area contributed by atoms with Crippen LogP contribution in [0.15, 0.2) is 18.2 Å². The van der Waals surface area contributed by atoms with E-state index in [4.69, 9.17) is 0 Å². The van der Waals surface area contributed by atoms with Crippen LogP contribution in [0, 0.1) is 6.92 Å². The minimum Gasteiger partial charge on any atom is -0.325 e. The fraction of sp³-hybridized carbons (Fsp3) is 0.300. The molecule has 2 rings (SSSR count). The average Bonchev–Trinajstić information content (AvgIpc) is 2.29. The van der Waals surface area contributed by atoms with Crippen molar-refractivity contribution in [2.24, 2.45) is 0 Å². The SMILES string of the molecule is Cc1cccc2c1[C@@H](C)C(=O)N2. The maximum absolute atomic E-state index is 11.3. The van der Waals surface area contributed by atoms with Crippen molar-refractivity contribution in [3.63, 3.8) is 0 Å². The first kappa shape index (κ1) is 7.35. The summed E-state index contributed by atoms with van der Waals surface area (Å²) in [5, 5.41) is 2.85. The normalized spacial score (nSPS) is 20.5. The van der Waals surface area contributed by atoms with Gasteiger partial charge in [-0.3, -0.25) is 4.79 Å². The smallest absolute Gasteiger partial charge is 0.231 e. The lowest BCUT2D eigenvalue weighted by Crippen LogP contribution is -2.08. The van der Waals surface area contributed by atoms with Gasteiger partial charge in [0.25, 0.3) is 0 Å². The first-order valence-electron chi connectivity index (χ1n) is 4.10. The third kappa shape index (κ3) is 0.843. The van der Waals surface area contributed by atoms with Gasteiger partial charge in [-0.25, -0.2) is 0 Å². The molecule has 0 bridgehead atoms. The number of amides is 1. The van der Waals surface area contributed by atoms with Gasteiger partial charge in [0, 0.05) is 5.69 Å². The van der Waals surface area contributed by atoms with Crippen LogP contribution in [0.1, 0.15) is 24.0 Å². The number of carbonyl (C=O) groups excluding carboxylic acids is 1. The van der Waals surface area contributed by atoms with E-state index in [1.54, 1.807) is 0 Å². The zero-order valence-electron chi connectivity index (χ0n) is 7.22. The summed E-state index contributed by atoms with van der Waals surface area (Å²) >= 11 is 0. The Bertz CT molecular complexity index is 344. The van der Waals surface area contributed by atoms with Gasteiger partial charge in [-0.1, -0.05) is 12.1 Å². The number of carbonyl (C=O) groups is 1. The van der Waals surface area contributed by atoms with Gasteiger partial charge in [-0.15, -0.1) is 0 Å². The highest BCUT2D eigenvalue weighted by molar-refractivity contribution is 6.03. The van der Waals surface area contributed by atoms with Crippen LogP contribution in [0.4, 0.5) is 5.69 Å². The molecule has 0 unspecified atom stereocenters. The van der Waals surface area contributed by atoms with Crippen molar-refractivity contribution in [1.29, 1.82) is 0 Å². The molecule has 2 heteroatoms. The lowest BCUT2D eigenvalue weighted by Gasteiger charge is -2.03. The second-order valence-electron chi connectivity index (χ2n) is 3.25. The Kier molecular flexibility index (Phi) is 1.43. The molecule has 62 valence electrons. The number of anilines is 1. The summed E-state index contributed by atoms with van der Waals surface area (Å²) in [5.74, 6) is 0.125. The van der Waals surface area contributed by atoms with E-state index in [1.165, 1.54) is 5.56 Å². The standard InChI is InChI=1S/C10H11NO/c1-6-4-3-5-8-9(6)7(2)10(12)11-8/h3-5,7H,1-2H3,(H,11,12)/t7-/m1/s1. The van der Waals surface area contributed by atoms with E-state index in [2.05, 4.69) is 5.32 Å². The molecular weight excluding hydrogens is 150 g/mol. The highest BCUT2D eigenvalue weighted by Gasteiger charge is 2.27. The van der Waals surface area contributed by atoms with Crippen LogP contribution in [-0.4, -0.2) is 5.91 Å². The number of aryl methyl sites for hydroxylation is 1. The molecule has 2 nitrogen and oxygen atoms in total. The molecule has 1 aliphatic rings.